The number of nitrogens with one attached hydrogen (secondary N) is 2. The molecule has 1 heterocycles. The van der Waals surface area contributed by atoms with Crippen molar-refractivity contribution in [3.63, 3.8) is 0 Å². The van der Waals surface area contributed by atoms with Gasteiger partial charge in [0.05, 0.1) is 0 Å². The molecule has 2 aliphatic rings. The van der Waals surface area contributed by atoms with Gasteiger partial charge in [-0.1, -0.05) is 43.0 Å². The van der Waals surface area contributed by atoms with E-state index in [0.29, 0.717) is 6.54 Å². The first-order valence-corrected chi connectivity index (χ1v) is 9.78. The molecule has 0 radical (unpaired) electrons. The maximum absolute atomic E-state index is 12.9. The molecule has 1 aliphatic heterocycles. The predicted octanol–water partition coefficient (Wildman–Crippen LogP) is 3.43. The number of hydrogen-bond donors (Lipinski definition) is 2. The van der Waals surface area contributed by atoms with Gasteiger partial charge in [0, 0.05) is 24.1 Å². The van der Waals surface area contributed by atoms with Gasteiger partial charge >= 0.3 is 0 Å². The lowest BCUT2D eigenvalue weighted by Gasteiger charge is -2.40. The largest absolute Gasteiger partial charge is 0.368 e. The zero-order chi connectivity index (χ0) is 17.8. The van der Waals surface area contributed by atoms with Crippen molar-refractivity contribution in [2.75, 3.05) is 26.7 Å². The van der Waals surface area contributed by atoms with Crippen LogP contribution < -0.4 is 10.6 Å². The third-order valence-corrected chi connectivity index (χ3v) is 6.32. The molecular weight excluding hydrogens is 336 g/mol. The molecule has 25 heavy (non-hydrogen) atoms. The van der Waals surface area contributed by atoms with E-state index in [2.05, 4.69) is 22.8 Å². The second-order valence-electron chi connectivity index (χ2n) is 7.48. The number of hydrogen-bond acceptors (Lipinski definition) is 3. The topological polar surface area (TPSA) is 50.4 Å². The fourth-order valence-corrected chi connectivity index (χ4v) is 4.49. The Morgan fingerprint density at radius 1 is 1.12 bits per heavy atom. The van der Waals surface area contributed by atoms with Crippen LogP contribution in [0.2, 0.25) is 5.02 Å². The molecule has 0 atom stereocenters. The summed E-state index contributed by atoms with van der Waals surface area (Å²) in [6, 6.07) is 8.16. The summed E-state index contributed by atoms with van der Waals surface area (Å²) in [5.74, 6) is 0.0374. The summed E-state index contributed by atoms with van der Waals surface area (Å²) in [6.07, 6.45) is 7.35. The average molecular weight is 365 g/mol. The van der Waals surface area contributed by atoms with Crippen LogP contribution in [0.1, 0.15) is 50.5 Å². The molecule has 5 heteroatoms. The second-order valence-corrected chi connectivity index (χ2v) is 7.92. The van der Waals surface area contributed by atoms with E-state index in [4.69, 9.17) is 16.3 Å². The lowest BCUT2D eigenvalue weighted by molar-refractivity contribution is -0.147. The summed E-state index contributed by atoms with van der Waals surface area (Å²) < 4.78 is 5.67. The lowest BCUT2D eigenvalue weighted by atomic mass is 9.69. The first-order valence-electron chi connectivity index (χ1n) is 9.41. The summed E-state index contributed by atoms with van der Waals surface area (Å²) in [6.45, 7) is 2.32. The number of carbonyl (C=O) groups excluding carboxylic acids is 1. The maximum Gasteiger partial charge on any atom is 0.252 e. The summed E-state index contributed by atoms with van der Waals surface area (Å²) in [4.78, 5) is 12.9. The number of halogens is 1. The van der Waals surface area contributed by atoms with Crippen LogP contribution >= 0.6 is 11.6 Å². The van der Waals surface area contributed by atoms with Gasteiger partial charge in [-0.05, 0) is 56.5 Å². The summed E-state index contributed by atoms with van der Waals surface area (Å²) in [7, 11) is 1.65. The van der Waals surface area contributed by atoms with Gasteiger partial charge in [-0.25, -0.2) is 0 Å². The number of carbonyl (C=O) groups is 1. The second kappa shape index (κ2) is 8.07. The Labute approximate surface area is 155 Å². The van der Waals surface area contributed by atoms with E-state index < -0.39 is 5.60 Å². The van der Waals surface area contributed by atoms with Crippen molar-refractivity contribution >= 4 is 17.5 Å². The number of benzene rings is 1. The van der Waals surface area contributed by atoms with E-state index in [1.54, 1.807) is 7.11 Å². The van der Waals surface area contributed by atoms with Crippen LogP contribution in [0, 0.1) is 0 Å². The van der Waals surface area contributed by atoms with Crippen LogP contribution in [0.15, 0.2) is 24.3 Å². The SMILES string of the molecule is COC1(C(=O)NCC2(c3ccc(Cl)cc3)CCCCC2)CCNCC1. The minimum absolute atomic E-state index is 0.0142. The molecule has 1 amide bonds. The highest BCUT2D eigenvalue weighted by Crippen LogP contribution is 2.39. The van der Waals surface area contributed by atoms with Crippen molar-refractivity contribution in [2.24, 2.45) is 0 Å². The molecule has 138 valence electrons. The molecule has 1 saturated heterocycles. The summed E-state index contributed by atoms with van der Waals surface area (Å²) in [5.41, 5.74) is 0.621. The Morgan fingerprint density at radius 2 is 1.76 bits per heavy atom. The third kappa shape index (κ3) is 4.02. The Balaban J connectivity index is 1.74. The van der Waals surface area contributed by atoms with Crippen molar-refractivity contribution in [1.82, 2.24) is 10.6 Å². The van der Waals surface area contributed by atoms with Crippen LogP contribution in [0.4, 0.5) is 0 Å². The monoisotopic (exact) mass is 364 g/mol. The number of ether oxygens (including phenoxy) is 1. The van der Waals surface area contributed by atoms with E-state index >= 15 is 0 Å². The van der Waals surface area contributed by atoms with Crippen molar-refractivity contribution in [3.8, 4) is 0 Å². The Hall–Kier alpha value is -1.10. The van der Waals surface area contributed by atoms with Crippen LogP contribution in [-0.4, -0.2) is 38.3 Å². The fourth-order valence-electron chi connectivity index (χ4n) is 4.36. The average Bonchev–Trinajstić information content (AvgIpc) is 2.68. The molecule has 3 rings (SSSR count). The molecule has 1 aliphatic carbocycles. The van der Waals surface area contributed by atoms with Crippen LogP contribution in [0.3, 0.4) is 0 Å². The molecule has 0 unspecified atom stereocenters. The van der Waals surface area contributed by atoms with E-state index in [1.165, 1.54) is 24.8 Å². The molecule has 4 nitrogen and oxygen atoms in total. The van der Waals surface area contributed by atoms with Gasteiger partial charge in [0.1, 0.15) is 5.60 Å². The van der Waals surface area contributed by atoms with Crippen molar-refractivity contribution in [3.05, 3.63) is 34.9 Å². The quantitative estimate of drug-likeness (QED) is 0.841. The Kier molecular flexibility index (Phi) is 6.03. The molecule has 1 aromatic carbocycles. The molecule has 2 N–H and O–H groups in total. The fraction of sp³-hybridized carbons (Fsp3) is 0.650. The van der Waals surface area contributed by atoms with E-state index in [-0.39, 0.29) is 11.3 Å². The summed E-state index contributed by atoms with van der Waals surface area (Å²) in [5, 5.41) is 7.30. The van der Waals surface area contributed by atoms with Gasteiger partial charge in [-0.3, -0.25) is 4.79 Å². The molecule has 0 bridgehead atoms. The Morgan fingerprint density at radius 3 is 2.36 bits per heavy atom. The minimum atomic E-state index is -0.679. The predicted molar refractivity (Wildman–Crippen MR) is 101 cm³/mol. The first kappa shape index (κ1) is 18.7. The zero-order valence-corrected chi connectivity index (χ0v) is 15.8. The van der Waals surface area contributed by atoms with Crippen molar-refractivity contribution in [1.29, 1.82) is 0 Å². The number of rotatable bonds is 5. The van der Waals surface area contributed by atoms with Crippen molar-refractivity contribution < 1.29 is 9.53 Å². The minimum Gasteiger partial charge on any atom is -0.368 e. The number of methoxy groups -OCH3 is 1. The van der Waals surface area contributed by atoms with E-state index in [1.807, 2.05) is 12.1 Å². The molecule has 0 aromatic heterocycles. The highest BCUT2D eigenvalue weighted by molar-refractivity contribution is 6.30. The van der Waals surface area contributed by atoms with E-state index in [9.17, 15) is 4.79 Å². The van der Waals surface area contributed by atoms with Gasteiger partial charge in [-0.15, -0.1) is 0 Å². The van der Waals surface area contributed by atoms with E-state index in [0.717, 1.165) is 43.8 Å². The lowest BCUT2D eigenvalue weighted by Crippen LogP contribution is -2.56. The van der Waals surface area contributed by atoms with Crippen molar-refractivity contribution in [2.45, 2.75) is 56.0 Å². The highest BCUT2D eigenvalue weighted by atomic mass is 35.5. The summed E-state index contributed by atoms with van der Waals surface area (Å²) >= 11 is 6.07. The Bertz CT molecular complexity index is 576. The van der Waals surface area contributed by atoms with Crippen LogP contribution in [-0.2, 0) is 14.9 Å². The molecule has 0 spiro atoms. The standard InChI is InChI=1S/C20H29ClN2O2/c1-25-20(11-13-22-14-12-20)18(24)23-15-19(9-3-2-4-10-19)16-5-7-17(21)8-6-16/h5-8,22H,2-4,9-15H2,1H3,(H,23,24). The smallest absolute Gasteiger partial charge is 0.252 e. The van der Waals surface area contributed by atoms with Gasteiger partial charge in [-0.2, -0.15) is 0 Å². The molecular formula is C20H29ClN2O2. The molecule has 1 saturated carbocycles. The van der Waals surface area contributed by atoms with Gasteiger partial charge in [0.15, 0.2) is 0 Å². The van der Waals surface area contributed by atoms with Gasteiger partial charge < -0.3 is 15.4 Å². The molecule has 1 aromatic rings. The third-order valence-electron chi connectivity index (χ3n) is 6.07. The van der Waals surface area contributed by atoms with Gasteiger partial charge in [0.2, 0.25) is 0 Å². The maximum atomic E-state index is 12.9. The number of amides is 1. The number of piperidine rings is 1. The highest BCUT2D eigenvalue weighted by Gasteiger charge is 2.41. The molecule has 2 fully saturated rings. The first-order chi connectivity index (χ1) is 12.1. The zero-order valence-electron chi connectivity index (χ0n) is 15.1. The van der Waals surface area contributed by atoms with Crippen LogP contribution in [0.5, 0.6) is 0 Å². The van der Waals surface area contributed by atoms with Crippen LogP contribution in [0.25, 0.3) is 0 Å². The van der Waals surface area contributed by atoms with Gasteiger partial charge in [0.25, 0.3) is 5.91 Å². The normalized spacial score (nSPS) is 22.3.